The lowest BCUT2D eigenvalue weighted by molar-refractivity contribution is 0.171. The van der Waals surface area contributed by atoms with Crippen molar-refractivity contribution in [2.24, 2.45) is 7.05 Å². The molecule has 0 amide bonds. The summed E-state index contributed by atoms with van der Waals surface area (Å²) in [6.45, 7) is 2.63. The molecule has 1 aromatic heterocycles. The van der Waals surface area contributed by atoms with Crippen molar-refractivity contribution in [2.75, 3.05) is 13.2 Å². The Morgan fingerprint density at radius 2 is 2.05 bits per heavy atom. The predicted molar refractivity (Wildman–Crippen MR) is 69.0 cm³/mol. The zero-order valence-electron chi connectivity index (χ0n) is 10.8. The topological polar surface area (TPSA) is 61.2 Å². The SMILES string of the molecule is Cn1cnc(CNCc2ccc3c(c2)OCCO3)n1. The number of aromatic nitrogens is 3. The van der Waals surface area contributed by atoms with Crippen molar-refractivity contribution in [1.29, 1.82) is 0 Å². The van der Waals surface area contributed by atoms with Crippen LogP contribution in [-0.4, -0.2) is 28.0 Å². The van der Waals surface area contributed by atoms with E-state index >= 15 is 0 Å². The lowest BCUT2D eigenvalue weighted by Gasteiger charge is -2.18. The third-order valence-electron chi connectivity index (χ3n) is 2.87. The van der Waals surface area contributed by atoms with Crippen LogP contribution in [0.25, 0.3) is 0 Å². The zero-order valence-corrected chi connectivity index (χ0v) is 10.8. The van der Waals surface area contributed by atoms with Crippen LogP contribution < -0.4 is 14.8 Å². The van der Waals surface area contributed by atoms with E-state index in [9.17, 15) is 0 Å². The summed E-state index contributed by atoms with van der Waals surface area (Å²) < 4.78 is 12.7. The molecule has 3 rings (SSSR count). The summed E-state index contributed by atoms with van der Waals surface area (Å²) in [5.41, 5.74) is 1.15. The lowest BCUT2D eigenvalue weighted by Crippen LogP contribution is -2.17. The minimum atomic E-state index is 0.613. The molecule has 0 radical (unpaired) electrons. The van der Waals surface area contributed by atoms with Gasteiger partial charge in [0.25, 0.3) is 0 Å². The molecule has 2 heterocycles. The van der Waals surface area contributed by atoms with Gasteiger partial charge in [0.05, 0.1) is 6.54 Å². The van der Waals surface area contributed by atoms with Crippen LogP contribution >= 0.6 is 0 Å². The summed E-state index contributed by atoms with van der Waals surface area (Å²) in [5.74, 6) is 2.43. The van der Waals surface area contributed by atoms with Gasteiger partial charge in [0.2, 0.25) is 0 Å². The van der Waals surface area contributed by atoms with Gasteiger partial charge in [-0.15, -0.1) is 0 Å². The maximum absolute atomic E-state index is 5.55. The smallest absolute Gasteiger partial charge is 0.164 e. The molecule has 19 heavy (non-hydrogen) atoms. The molecule has 0 aliphatic carbocycles. The van der Waals surface area contributed by atoms with Gasteiger partial charge in [-0.25, -0.2) is 4.98 Å². The highest BCUT2D eigenvalue weighted by atomic mass is 16.6. The van der Waals surface area contributed by atoms with E-state index in [1.807, 2.05) is 25.2 Å². The Balaban J connectivity index is 1.58. The Hall–Kier alpha value is -2.08. The van der Waals surface area contributed by atoms with E-state index in [0.717, 1.165) is 29.4 Å². The van der Waals surface area contributed by atoms with Crippen LogP contribution in [-0.2, 0) is 20.1 Å². The van der Waals surface area contributed by atoms with Crippen molar-refractivity contribution in [1.82, 2.24) is 20.1 Å². The van der Waals surface area contributed by atoms with Crippen LogP contribution in [0, 0.1) is 0 Å². The molecule has 0 saturated carbocycles. The molecule has 0 atom stereocenters. The van der Waals surface area contributed by atoms with Gasteiger partial charge < -0.3 is 14.8 Å². The summed E-state index contributed by atoms with van der Waals surface area (Å²) in [6.07, 6.45) is 1.70. The fraction of sp³-hybridized carbons (Fsp3) is 0.385. The summed E-state index contributed by atoms with van der Waals surface area (Å²) in [7, 11) is 1.86. The van der Waals surface area contributed by atoms with Gasteiger partial charge >= 0.3 is 0 Å². The summed E-state index contributed by atoms with van der Waals surface area (Å²) in [4.78, 5) is 4.16. The molecular weight excluding hydrogens is 244 g/mol. The highest BCUT2D eigenvalue weighted by Gasteiger charge is 2.11. The number of hydrogen-bond donors (Lipinski definition) is 1. The number of benzene rings is 1. The van der Waals surface area contributed by atoms with Crippen LogP contribution in [0.3, 0.4) is 0 Å². The summed E-state index contributed by atoms with van der Waals surface area (Å²) in [6, 6.07) is 5.99. The minimum absolute atomic E-state index is 0.613. The summed E-state index contributed by atoms with van der Waals surface area (Å²) >= 11 is 0. The van der Waals surface area contributed by atoms with E-state index in [2.05, 4.69) is 15.4 Å². The van der Waals surface area contributed by atoms with Gasteiger partial charge in [-0.2, -0.15) is 5.10 Å². The van der Waals surface area contributed by atoms with Crippen molar-refractivity contribution in [3.05, 3.63) is 35.9 Å². The third-order valence-corrected chi connectivity index (χ3v) is 2.87. The standard InChI is InChI=1S/C13H16N4O2/c1-17-9-15-13(16-17)8-14-7-10-2-3-11-12(6-10)19-5-4-18-11/h2-3,6,9,14H,4-5,7-8H2,1H3. The second kappa shape index (κ2) is 5.27. The lowest BCUT2D eigenvalue weighted by atomic mass is 10.2. The fourth-order valence-electron chi connectivity index (χ4n) is 1.98. The molecule has 0 unspecified atom stereocenters. The number of fused-ring (bicyclic) bond motifs is 1. The molecule has 6 nitrogen and oxygen atoms in total. The van der Waals surface area contributed by atoms with Crippen molar-refractivity contribution in [3.63, 3.8) is 0 Å². The number of ether oxygens (including phenoxy) is 2. The van der Waals surface area contributed by atoms with Gasteiger partial charge in [0.15, 0.2) is 17.3 Å². The number of nitrogens with zero attached hydrogens (tertiary/aromatic N) is 3. The number of aryl methyl sites for hydroxylation is 1. The largest absolute Gasteiger partial charge is 0.486 e. The normalized spacial score (nSPS) is 13.5. The average Bonchev–Trinajstić information content (AvgIpc) is 2.84. The first kappa shape index (κ1) is 12.0. The molecule has 1 aromatic carbocycles. The van der Waals surface area contributed by atoms with Crippen LogP contribution in [0.2, 0.25) is 0 Å². The van der Waals surface area contributed by atoms with Gasteiger partial charge in [0.1, 0.15) is 19.5 Å². The fourth-order valence-corrected chi connectivity index (χ4v) is 1.98. The monoisotopic (exact) mass is 260 g/mol. The molecule has 2 aromatic rings. The van der Waals surface area contributed by atoms with Gasteiger partial charge in [-0.1, -0.05) is 6.07 Å². The molecular formula is C13H16N4O2. The molecule has 0 fully saturated rings. The first-order valence-corrected chi connectivity index (χ1v) is 6.25. The second-order valence-electron chi connectivity index (χ2n) is 4.42. The Kier molecular flexibility index (Phi) is 3.33. The van der Waals surface area contributed by atoms with Crippen LogP contribution in [0.1, 0.15) is 11.4 Å². The van der Waals surface area contributed by atoms with E-state index in [1.165, 1.54) is 0 Å². The predicted octanol–water partition coefficient (Wildman–Crippen LogP) is 0.876. The van der Waals surface area contributed by atoms with E-state index in [1.54, 1.807) is 11.0 Å². The quantitative estimate of drug-likeness (QED) is 0.884. The van der Waals surface area contributed by atoms with Crippen molar-refractivity contribution >= 4 is 0 Å². The first-order valence-electron chi connectivity index (χ1n) is 6.25. The first-order chi connectivity index (χ1) is 9.31. The molecule has 6 heteroatoms. The van der Waals surface area contributed by atoms with Gasteiger partial charge in [-0.3, -0.25) is 4.68 Å². The summed E-state index contributed by atoms with van der Waals surface area (Å²) in [5, 5.41) is 7.51. The Morgan fingerprint density at radius 1 is 1.21 bits per heavy atom. The van der Waals surface area contributed by atoms with Gasteiger partial charge in [0, 0.05) is 13.6 Å². The zero-order chi connectivity index (χ0) is 13.1. The van der Waals surface area contributed by atoms with E-state index < -0.39 is 0 Å². The van der Waals surface area contributed by atoms with E-state index in [0.29, 0.717) is 19.8 Å². The van der Waals surface area contributed by atoms with Crippen molar-refractivity contribution in [3.8, 4) is 11.5 Å². The third kappa shape index (κ3) is 2.85. The average molecular weight is 260 g/mol. The van der Waals surface area contributed by atoms with Crippen LogP contribution in [0.15, 0.2) is 24.5 Å². The van der Waals surface area contributed by atoms with Gasteiger partial charge in [-0.05, 0) is 17.7 Å². The molecule has 100 valence electrons. The molecule has 0 spiro atoms. The molecule has 1 aliphatic rings. The van der Waals surface area contributed by atoms with E-state index in [4.69, 9.17) is 9.47 Å². The molecule has 1 N–H and O–H groups in total. The Morgan fingerprint density at radius 3 is 2.84 bits per heavy atom. The Bertz CT molecular complexity index is 568. The molecule has 1 aliphatic heterocycles. The number of nitrogens with one attached hydrogen (secondary N) is 1. The van der Waals surface area contributed by atoms with Crippen LogP contribution in [0.5, 0.6) is 11.5 Å². The van der Waals surface area contributed by atoms with E-state index in [-0.39, 0.29) is 0 Å². The Labute approximate surface area is 111 Å². The maximum Gasteiger partial charge on any atom is 0.164 e. The second-order valence-corrected chi connectivity index (χ2v) is 4.42. The number of rotatable bonds is 4. The number of hydrogen-bond acceptors (Lipinski definition) is 5. The maximum atomic E-state index is 5.55. The minimum Gasteiger partial charge on any atom is -0.486 e. The van der Waals surface area contributed by atoms with Crippen molar-refractivity contribution in [2.45, 2.75) is 13.1 Å². The van der Waals surface area contributed by atoms with Crippen LogP contribution in [0.4, 0.5) is 0 Å². The molecule has 0 bridgehead atoms. The van der Waals surface area contributed by atoms with Crippen molar-refractivity contribution < 1.29 is 9.47 Å². The molecule has 0 saturated heterocycles. The highest BCUT2D eigenvalue weighted by Crippen LogP contribution is 2.30. The highest BCUT2D eigenvalue weighted by molar-refractivity contribution is 5.43.